The zero-order valence-electron chi connectivity index (χ0n) is 23.4. The summed E-state index contributed by atoms with van der Waals surface area (Å²) in [6, 6.07) is 11.5. The highest BCUT2D eigenvalue weighted by Crippen LogP contribution is 2.42. The molecule has 0 radical (unpaired) electrons. The van der Waals surface area contributed by atoms with Gasteiger partial charge in [-0.1, -0.05) is 12.1 Å². The number of nitro benzene ring substituents is 1. The van der Waals surface area contributed by atoms with E-state index in [4.69, 9.17) is 31.2 Å². The van der Waals surface area contributed by atoms with E-state index >= 15 is 0 Å². The molecule has 43 heavy (non-hydrogen) atoms. The summed E-state index contributed by atoms with van der Waals surface area (Å²) in [5.41, 5.74) is 14.2. The number of carbonyl (C=O) groups excluding carboxylic acids is 1. The Morgan fingerprint density at radius 2 is 1.86 bits per heavy atom. The summed E-state index contributed by atoms with van der Waals surface area (Å²) in [6.45, 7) is 2.76. The summed E-state index contributed by atoms with van der Waals surface area (Å²) in [7, 11) is 1.48. The zero-order chi connectivity index (χ0) is 30.8. The number of hydrogen-bond donors (Lipinski definition) is 4. The molecule has 5 aromatic rings. The third-order valence-corrected chi connectivity index (χ3v) is 7.14. The summed E-state index contributed by atoms with van der Waals surface area (Å²) < 4.78 is 8.84. The molecule has 15 nitrogen and oxygen atoms in total. The molecule has 0 atom stereocenters. The molecule has 2 aromatic carbocycles. The average Bonchev–Trinajstić information content (AvgIpc) is 3.57. The minimum atomic E-state index is -0.833. The van der Waals surface area contributed by atoms with Crippen LogP contribution in [0.1, 0.15) is 36.3 Å². The first kappa shape index (κ1) is 28.9. The topological polar surface area (TPSA) is 219 Å². The van der Waals surface area contributed by atoms with Crippen molar-refractivity contribution in [2.75, 3.05) is 25.9 Å². The van der Waals surface area contributed by atoms with Gasteiger partial charge in [-0.15, -0.1) is 0 Å². The summed E-state index contributed by atoms with van der Waals surface area (Å²) >= 11 is 0. The first-order valence-corrected chi connectivity index (χ1v) is 13.3. The lowest BCUT2D eigenvalue weighted by Gasteiger charge is -2.23. The standard InChI is InChI=1S/C26H25N9O4.C2H4O2/c1-39-20-5-3-2-4-17(20)33-19(25(28)36)12-16-15(6-7-18(23(16)33)35(37)38)22-21-24(27)30-13-31-26(21)34(32-22)14-8-10-29-11-9-14;1-2(3)4/h2-7,12-14,29H,8-11H2,1H3,(H2,28,36)(H2,27,30,31);1H3,(H,3,4). The van der Waals surface area contributed by atoms with E-state index in [0.717, 1.165) is 32.9 Å². The lowest BCUT2D eigenvalue weighted by atomic mass is 10.0. The molecule has 6 rings (SSSR count). The van der Waals surface area contributed by atoms with Gasteiger partial charge in [0.15, 0.2) is 5.65 Å². The van der Waals surface area contributed by atoms with Crippen LogP contribution in [0.15, 0.2) is 48.8 Å². The van der Waals surface area contributed by atoms with E-state index in [9.17, 15) is 14.9 Å². The van der Waals surface area contributed by atoms with Crippen LogP contribution in [-0.2, 0) is 4.79 Å². The van der Waals surface area contributed by atoms with Crippen LogP contribution in [-0.4, -0.2) is 66.4 Å². The van der Waals surface area contributed by atoms with Crippen molar-refractivity contribution < 1.29 is 24.4 Å². The third kappa shape index (κ3) is 5.28. The number of rotatable bonds is 6. The molecule has 1 aliphatic rings. The number of fused-ring (bicyclic) bond motifs is 2. The Morgan fingerprint density at radius 3 is 2.51 bits per heavy atom. The molecule has 0 bridgehead atoms. The number of hydrogen-bond acceptors (Lipinski definition) is 10. The summed E-state index contributed by atoms with van der Waals surface area (Å²) in [6.07, 6.45) is 3.10. The van der Waals surface area contributed by atoms with Crippen LogP contribution in [0.3, 0.4) is 0 Å². The molecular formula is C28H29N9O6. The Kier molecular flexibility index (Phi) is 7.90. The van der Waals surface area contributed by atoms with Gasteiger partial charge in [0.25, 0.3) is 17.6 Å². The molecule has 4 heterocycles. The van der Waals surface area contributed by atoms with Crippen molar-refractivity contribution in [2.24, 2.45) is 5.73 Å². The van der Waals surface area contributed by atoms with Crippen molar-refractivity contribution in [3.8, 4) is 22.7 Å². The fourth-order valence-corrected chi connectivity index (χ4v) is 5.39. The lowest BCUT2D eigenvalue weighted by Crippen LogP contribution is -2.30. The number of nitrogen functional groups attached to an aromatic ring is 1. The Bertz CT molecular complexity index is 1870. The average molecular weight is 588 g/mol. The number of aliphatic carboxylic acids is 1. The van der Waals surface area contributed by atoms with Gasteiger partial charge < -0.3 is 26.6 Å². The Hall–Kier alpha value is -5.57. The van der Waals surface area contributed by atoms with Gasteiger partial charge >= 0.3 is 0 Å². The normalized spacial score (nSPS) is 13.4. The van der Waals surface area contributed by atoms with Gasteiger partial charge in [-0.25, -0.2) is 14.6 Å². The summed E-state index contributed by atoms with van der Waals surface area (Å²) in [5, 5.41) is 28.9. The fourth-order valence-electron chi connectivity index (χ4n) is 5.39. The molecule has 0 spiro atoms. The van der Waals surface area contributed by atoms with Crippen LogP contribution in [0.2, 0.25) is 0 Å². The van der Waals surface area contributed by atoms with E-state index in [-0.39, 0.29) is 28.8 Å². The van der Waals surface area contributed by atoms with Crippen molar-refractivity contribution in [1.82, 2.24) is 29.6 Å². The minimum Gasteiger partial charge on any atom is -0.495 e. The number of carboxylic acid groups (broad SMARTS) is 1. The van der Waals surface area contributed by atoms with Crippen LogP contribution < -0.4 is 21.5 Å². The zero-order valence-corrected chi connectivity index (χ0v) is 23.4. The number of anilines is 1. The first-order valence-electron chi connectivity index (χ1n) is 13.3. The van der Waals surface area contributed by atoms with Crippen LogP contribution in [0.4, 0.5) is 11.5 Å². The number of nitro groups is 1. The number of carboxylic acids is 1. The Morgan fingerprint density at radius 1 is 1.16 bits per heavy atom. The van der Waals surface area contributed by atoms with Gasteiger partial charge in [-0.2, -0.15) is 5.10 Å². The SMILES string of the molecule is CC(=O)O.COc1ccccc1-n1c(C(N)=O)cc2c(-c3nn(C4CCNCC4)c4ncnc(N)c34)ccc([N+](=O)[O-])c21. The van der Waals surface area contributed by atoms with E-state index < -0.39 is 16.8 Å². The molecule has 0 saturated carbocycles. The van der Waals surface area contributed by atoms with Gasteiger partial charge in [0.2, 0.25) is 0 Å². The quantitative estimate of drug-likeness (QED) is 0.167. The van der Waals surface area contributed by atoms with Crippen molar-refractivity contribution in [2.45, 2.75) is 25.8 Å². The van der Waals surface area contributed by atoms with E-state index in [1.54, 1.807) is 36.4 Å². The maximum atomic E-state index is 12.7. The number of piperidine rings is 1. The number of methoxy groups -OCH3 is 1. The molecule has 6 N–H and O–H groups in total. The summed E-state index contributed by atoms with van der Waals surface area (Å²) in [5.74, 6) is -0.943. The van der Waals surface area contributed by atoms with Gasteiger partial charge in [-0.05, 0) is 50.2 Å². The van der Waals surface area contributed by atoms with Gasteiger partial charge in [0.1, 0.15) is 34.8 Å². The number of para-hydroxylation sites is 2. The molecule has 1 amide bonds. The van der Waals surface area contributed by atoms with Crippen LogP contribution in [0, 0.1) is 10.1 Å². The molecule has 0 aliphatic carbocycles. The predicted octanol–water partition coefficient (Wildman–Crippen LogP) is 3.05. The number of nitrogens with zero attached hydrogens (tertiary/aromatic N) is 6. The predicted molar refractivity (Wildman–Crippen MR) is 158 cm³/mol. The Labute approximate surface area is 244 Å². The molecular weight excluding hydrogens is 558 g/mol. The molecule has 1 aliphatic heterocycles. The highest BCUT2D eigenvalue weighted by Gasteiger charge is 2.29. The van der Waals surface area contributed by atoms with Crippen molar-refractivity contribution in [3.05, 3.63) is 64.6 Å². The fraction of sp³-hybridized carbons (Fsp3) is 0.250. The largest absolute Gasteiger partial charge is 0.495 e. The van der Waals surface area contributed by atoms with Crippen molar-refractivity contribution in [1.29, 1.82) is 0 Å². The Balaban J connectivity index is 0.000000868. The number of benzene rings is 2. The van der Waals surface area contributed by atoms with Crippen molar-refractivity contribution >= 4 is 45.3 Å². The molecule has 3 aromatic heterocycles. The number of non-ortho nitro benzene ring substituents is 1. The van der Waals surface area contributed by atoms with E-state index in [1.165, 1.54) is 24.1 Å². The second-order valence-electron chi connectivity index (χ2n) is 9.80. The molecule has 222 valence electrons. The number of ether oxygens (including phenoxy) is 1. The van der Waals surface area contributed by atoms with E-state index in [1.807, 2.05) is 4.68 Å². The van der Waals surface area contributed by atoms with E-state index in [2.05, 4.69) is 15.3 Å². The number of aromatic nitrogens is 5. The monoisotopic (exact) mass is 587 g/mol. The second-order valence-corrected chi connectivity index (χ2v) is 9.80. The number of nitrogens with one attached hydrogen (secondary N) is 1. The van der Waals surface area contributed by atoms with Crippen LogP contribution in [0.5, 0.6) is 5.75 Å². The highest BCUT2D eigenvalue weighted by molar-refractivity contribution is 6.11. The number of nitrogens with two attached hydrogens (primary N) is 2. The maximum absolute atomic E-state index is 12.7. The number of amides is 1. The first-order chi connectivity index (χ1) is 20.6. The summed E-state index contributed by atoms with van der Waals surface area (Å²) in [4.78, 5) is 42.1. The van der Waals surface area contributed by atoms with E-state index in [0.29, 0.717) is 39.1 Å². The van der Waals surface area contributed by atoms with Gasteiger partial charge in [0, 0.05) is 23.9 Å². The molecule has 15 heteroatoms. The van der Waals surface area contributed by atoms with Crippen LogP contribution >= 0.6 is 0 Å². The lowest BCUT2D eigenvalue weighted by molar-refractivity contribution is -0.383. The molecule has 1 saturated heterocycles. The third-order valence-electron chi connectivity index (χ3n) is 7.14. The maximum Gasteiger partial charge on any atom is 0.300 e. The van der Waals surface area contributed by atoms with Crippen molar-refractivity contribution in [3.63, 3.8) is 0 Å². The molecule has 0 unspecified atom stereocenters. The second kappa shape index (κ2) is 11.7. The van der Waals surface area contributed by atoms with Crippen LogP contribution in [0.25, 0.3) is 38.9 Å². The number of primary amides is 1. The van der Waals surface area contributed by atoms with Gasteiger partial charge in [0.05, 0.1) is 29.1 Å². The highest BCUT2D eigenvalue weighted by atomic mass is 16.6. The molecule has 1 fully saturated rings. The smallest absolute Gasteiger partial charge is 0.300 e. The number of carbonyl (C=O) groups is 2. The van der Waals surface area contributed by atoms with Gasteiger partial charge in [-0.3, -0.25) is 24.3 Å². The minimum absolute atomic E-state index is 0.0522.